The maximum Gasteiger partial charge on any atom is 0.379 e. The van der Waals surface area contributed by atoms with Crippen molar-refractivity contribution in [2.45, 2.75) is 5.92 Å². The van der Waals surface area contributed by atoms with Crippen LogP contribution in [0.4, 0.5) is 8.78 Å². The Morgan fingerprint density at radius 1 is 1.50 bits per heavy atom. The highest BCUT2D eigenvalue weighted by Gasteiger charge is 2.41. The lowest BCUT2D eigenvalue weighted by atomic mass is 10.2. The number of carboxylic acids is 1. The first-order chi connectivity index (χ1) is 6.48. The molecule has 0 saturated carbocycles. The van der Waals surface area contributed by atoms with Gasteiger partial charge >= 0.3 is 17.9 Å². The number of alkyl halides is 2. The van der Waals surface area contributed by atoms with Gasteiger partial charge in [-0.15, -0.1) is 0 Å². The van der Waals surface area contributed by atoms with E-state index in [9.17, 15) is 13.6 Å². The Labute approximate surface area is 77.4 Å². The zero-order chi connectivity index (χ0) is 10.8. The van der Waals surface area contributed by atoms with Gasteiger partial charge in [-0.25, -0.2) is 14.8 Å². The summed E-state index contributed by atoms with van der Waals surface area (Å²) < 4.78 is 30.1. The number of ether oxygens (including phenoxy) is 1. The van der Waals surface area contributed by atoms with Crippen LogP contribution in [0.5, 0.6) is 6.01 Å². The molecule has 1 rings (SSSR count). The molecule has 0 aliphatic rings. The number of rotatable bonds is 3. The van der Waals surface area contributed by atoms with Crippen molar-refractivity contribution >= 4 is 5.97 Å². The molecule has 76 valence electrons. The fourth-order valence-electron chi connectivity index (χ4n) is 0.707. The van der Waals surface area contributed by atoms with Gasteiger partial charge in [-0.2, -0.15) is 8.78 Å². The summed E-state index contributed by atoms with van der Waals surface area (Å²) in [5, 5.41) is 8.18. The van der Waals surface area contributed by atoms with E-state index in [1.807, 2.05) is 0 Å². The minimum atomic E-state index is -3.98. The first-order valence-electron chi connectivity index (χ1n) is 3.46. The van der Waals surface area contributed by atoms with Gasteiger partial charge in [-0.05, 0) is 0 Å². The second-order valence-electron chi connectivity index (χ2n) is 2.34. The Hall–Kier alpha value is -1.79. The molecule has 1 N–H and O–H groups in total. The van der Waals surface area contributed by atoms with Crippen LogP contribution < -0.4 is 4.74 Å². The predicted octanol–water partition coefficient (Wildman–Crippen LogP) is 0.662. The quantitative estimate of drug-likeness (QED) is 0.782. The lowest BCUT2D eigenvalue weighted by molar-refractivity contribution is -0.166. The molecule has 0 fully saturated rings. The monoisotopic (exact) mass is 204 g/mol. The van der Waals surface area contributed by atoms with Crippen molar-refractivity contribution in [1.29, 1.82) is 0 Å². The Kier molecular flexibility index (Phi) is 2.59. The molecule has 0 spiro atoms. The molecule has 0 atom stereocenters. The van der Waals surface area contributed by atoms with E-state index in [2.05, 4.69) is 14.7 Å². The average Bonchev–Trinajstić information content (AvgIpc) is 2.17. The highest BCUT2D eigenvalue weighted by atomic mass is 19.3. The zero-order valence-electron chi connectivity index (χ0n) is 7.07. The molecule has 0 aliphatic carbocycles. The van der Waals surface area contributed by atoms with Gasteiger partial charge in [0.2, 0.25) is 0 Å². The lowest BCUT2D eigenvalue weighted by Gasteiger charge is -2.09. The number of nitrogens with zero attached hydrogens (tertiary/aromatic N) is 2. The van der Waals surface area contributed by atoms with Crippen LogP contribution in [0.1, 0.15) is 5.56 Å². The molecular weight excluding hydrogens is 198 g/mol. The van der Waals surface area contributed by atoms with Gasteiger partial charge in [0.25, 0.3) is 0 Å². The van der Waals surface area contributed by atoms with Crippen LogP contribution in [0.15, 0.2) is 12.4 Å². The van der Waals surface area contributed by atoms with E-state index in [0.29, 0.717) is 12.4 Å². The summed E-state index contributed by atoms with van der Waals surface area (Å²) in [6.07, 6.45) is 1.42. The molecule has 0 bridgehead atoms. The van der Waals surface area contributed by atoms with Crippen LogP contribution in [0.2, 0.25) is 0 Å². The third kappa shape index (κ3) is 1.76. The smallest absolute Gasteiger partial charge is 0.379 e. The SMILES string of the molecule is COc1ncc(C(F)(F)C(=O)O)cn1. The fraction of sp³-hybridized carbons (Fsp3) is 0.286. The van der Waals surface area contributed by atoms with Gasteiger partial charge < -0.3 is 9.84 Å². The van der Waals surface area contributed by atoms with Gasteiger partial charge in [0.15, 0.2) is 0 Å². The van der Waals surface area contributed by atoms with Crippen molar-refractivity contribution in [3.63, 3.8) is 0 Å². The predicted molar refractivity (Wildman–Crippen MR) is 40.1 cm³/mol. The Morgan fingerprint density at radius 2 is 2.00 bits per heavy atom. The van der Waals surface area contributed by atoms with Gasteiger partial charge in [0.1, 0.15) is 0 Å². The van der Waals surface area contributed by atoms with Crippen molar-refractivity contribution in [2.24, 2.45) is 0 Å². The number of halogens is 2. The maximum absolute atomic E-state index is 12.8. The number of hydrogen-bond donors (Lipinski definition) is 1. The third-order valence-electron chi connectivity index (χ3n) is 1.44. The molecule has 1 aromatic rings. The molecule has 1 heterocycles. The minimum absolute atomic E-state index is 0.102. The van der Waals surface area contributed by atoms with E-state index in [4.69, 9.17) is 5.11 Å². The fourth-order valence-corrected chi connectivity index (χ4v) is 0.707. The number of carboxylic acid groups (broad SMARTS) is 1. The molecule has 0 aromatic carbocycles. The normalized spacial score (nSPS) is 11.1. The largest absolute Gasteiger partial charge is 0.477 e. The first kappa shape index (κ1) is 10.3. The molecular formula is C7H6F2N2O3. The first-order valence-corrected chi connectivity index (χ1v) is 3.46. The zero-order valence-corrected chi connectivity index (χ0v) is 7.07. The second kappa shape index (κ2) is 3.52. The maximum atomic E-state index is 12.8. The van der Waals surface area contributed by atoms with Crippen molar-refractivity contribution in [2.75, 3.05) is 7.11 Å². The third-order valence-corrected chi connectivity index (χ3v) is 1.44. The molecule has 0 unspecified atom stereocenters. The molecule has 5 nitrogen and oxygen atoms in total. The summed E-state index contributed by atoms with van der Waals surface area (Å²) in [5.74, 6) is -6.22. The number of carbonyl (C=O) groups is 1. The lowest BCUT2D eigenvalue weighted by Crippen LogP contribution is -2.25. The Bertz CT molecular complexity index is 339. The number of hydrogen-bond acceptors (Lipinski definition) is 4. The van der Waals surface area contributed by atoms with E-state index < -0.39 is 17.5 Å². The van der Waals surface area contributed by atoms with Gasteiger partial charge in [-0.3, -0.25) is 0 Å². The van der Waals surface area contributed by atoms with Gasteiger partial charge in [0, 0.05) is 12.4 Å². The summed E-state index contributed by atoms with van der Waals surface area (Å²) >= 11 is 0. The van der Waals surface area contributed by atoms with Crippen molar-refractivity contribution in [3.8, 4) is 6.01 Å². The van der Waals surface area contributed by atoms with E-state index >= 15 is 0 Å². The number of aromatic nitrogens is 2. The Morgan fingerprint density at radius 3 is 2.36 bits per heavy atom. The average molecular weight is 204 g/mol. The highest BCUT2D eigenvalue weighted by Crippen LogP contribution is 2.27. The summed E-state index contributed by atoms with van der Waals surface area (Å²) in [6, 6.07) is -0.102. The molecule has 0 aliphatic heterocycles. The molecule has 1 aromatic heterocycles. The van der Waals surface area contributed by atoms with Crippen LogP contribution in [0.3, 0.4) is 0 Å². The Balaban J connectivity index is 3.02. The number of methoxy groups -OCH3 is 1. The van der Waals surface area contributed by atoms with Crippen LogP contribution in [-0.4, -0.2) is 28.2 Å². The van der Waals surface area contributed by atoms with Gasteiger partial charge in [-0.1, -0.05) is 0 Å². The van der Waals surface area contributed by atoms with Crippen molar-refractivity contribution in [1.82, 2.24) is 9.97 Å². The minimum Gasteiger partial charge on any atom is -0.477 e. The second-order valence-corrected chi connectivity index (χ2v) is 2.34. The summed E-state index contributed by atoms with van der Waals surface area (Å²) in [5.41, 5.74) is -0.786. The van der Waals surface area contributed by atoms with E-state index in [-0.39, 0.29) is 6.01 Å². The van der Waals surface area contributed by atoms with Crippen molar-refractivity contribution < 1.29 is 23.4 Å². The molecule has 0 saturated heterocycles. The van der Waals surface area contributed by atoms with E-state index in [1.165, 1.54) is 7.11 Å². The summed E-state index contributed by atoms with van der Waals surface area (Å²) in [7, 11) is 1.27. The van der Waals surface area contributed by atoms with E-state index in [0.717, 1.165) is 0 Å². The van der Waals surface area contributed by atoms with Crippen LogP contribution >= 0.6 is 0 Å². The van der Waals surface area contributed by atoms with Crippen LogP contribution in [-0.2, 0) is 10.7 Å². The topological polar surface area (TPSA) is 72.3 Å². The van der Waals surface area contributed by atoms with Crippen LogP contribution in [0.25, 0.3) is 0 Å². The van der Waals surface area contributed by atoms with E-state index in [1.54, 1.807) is 0 Å². The van der Waals surface area contributed by atoms with Crippen molar-refractivity contribution in [3.05, 3.63) is 18.0 Å². The summed E-state index contributed by atoms with van der Waals surface area (Å²) in [6.45, 7) is 0. The molecule has 7 heteroatoms. The molecule has 14 heavy (non-hydrogen) atoms. The molecule has 0 radical (unpaired) electrons. The van der Waals surface area contributed by atoms with Gasteiger partial charge in [0.05, 0.1) is 12.7 Å². The van der Waals surface area contributed by atoms with Crippen LogP contribution in [0, 0.1) is 0 Å². The molecule has 0 amide bonds. The number of aliphatic carboxylic acids is 1. The highest BCUT2D eigenvalue weighted by molar-refractivity contribution is 5.76. The standard InChI is InChI=1S/C7H6F2N2O3/c1-14-6-10-2-4(3-11-6)7(8,9)5(12)13/h2-3H,1H3,(H,12,13). The summed E-state index contributed by atoms with van der Waals surface area (Å²) in [4.78, 5) is 16.9.